The van der Waals surface area contributed by atoms with Crippen LogP contribution in [-0.4, -0.2) is 32.1 Å². The standard InChI is InChI=1S/C13H17FN2O2/c1-18-10-4-5-11(12(14)8-10)13(17)16-7-6-15-9-2-3-9/h4-5,8-9,15H,2-3,6-7H2,1H3,(H,16,17). The van der Waals surface area contributed by atoms with Crippen LogP contribution in [-0.2, 0) is 0 Å². The topological polar surface area (TPSA) is 50.4 Å². The summed E-state index contributed by atoms with van der Waals surface area (Å²) in [5, 5.41) is 5.95. The van der Waals surface area contributed by atoms with E-state index in [1.54, 1.807) is 6.07 Å². The lowest BCUT2D eigenvalue weighted by Crippen LogP contribution is -2.33. The van der Waals surface area contributed by atoms with Gasteiger partial charge in [-0.3, -0.25) is 4.79 Å². The zero-order valence-corrected chi connectivity index (χ0v) is 10.3. The van der Waals surface area contributed by atoms with E-state index < -0.39 is 11.7 Å². The monoisotopic (exact) mass is 252 g/mol. The number of ether oxygens (including phenoxy) is 1. The first-order chi connectivity index (χ1) is 8.70. The first-order valence-corrected chi connectivity index (χ1v) is 6.06. The van der Waals surface area contributed by atoms with Gasteiger partial charge in [-0.25, -0.2) is 4.39 Å². The van der Waals surface area contributed by atoms with E-state index in [0.717, 1.165) is 0 Å². The number of carbonyl (C=O) groups is 1. The van der Waals surface area contributed by atoms with E-state index in [2.05, 4.69) is 10.6 Å². The van der Waals surface area contributed by atoms with Crippen molar-refractivity contribution in [1.82, 2.24) is 10.6 Å². The molecule has 0 aromatic heterocycles. The number of benzene rings is 1. The SMILES string of the molecule is COc1ccc(C(=O)NCCNC2CC2)c(F)c1. The molecule has 1 aliphatic carbocycles. The van der Waals surface area contributed by atoms with Crippen LogP contribution in [0.15, 0.2) is 18.2 Å². The fourth-order valence-electron chi connectivity index (χ4n) is 1.64. The van der Waals surface area contributed by atoms with Crippen LogP contribution >= 0.6 is 0 Å². The van der Waals surface area contributed by atoms with Crippen molar-refractivity contribution < 1.29 is 13.9 Å². The van der Waals surface area contributed by atoms with Gasteiger partial charge in [-0.05, 0) is 25.0 Å². The number of rotatable bonds is 6. The van der Waals surface area contributed by atoms with Crippen LogP contribution in [0.25, 0.3) is 0 Å². The molecule has 0 saturated heterocycles. The Morgan fingerprint density at radius 1 is 1.44 bits per heavy atom. The average molecular weight is 252 g/mol. The summed E-state index contributed by atoms with van der Waals surface area (Å²) in [5.74, 6) is -0.561. The fourth-order valence-corrected chi connectivity index (χ4v) is 1.64. The molecule has 2 rings (SSSR count). The minimum atomic E-state index is -0.568. The number of hydrogen-bond donors (Lipinski definition) is 2. The molecular weight excluding hydrogens is 235 g/mol. The highest BCUT2D eigenvalue weighted by Crippen LogP contribution is 2.18. The maximum atomic E-state index is 13.6. The summed E-state index contributed by atoms with van der Waals surface area (Å²) in [5.41, 5.74) is 0.0437. The Labute approximate surface area is 106 Å². The molecule has 1 saturated carbocycles. The summed E-state index contributed by atoms with van der Waals surface area (Å²) in [6.45, 7) is 1.22. The van der Waals surface area contributed by atoms with Crippen LogP contribution in [0.5, 0.6) is 5.75 Å². The zero-order valence-electron chi connectivity index (χ0n) is 10.3. The molecule has 2 N–H and O–H groups in total. The largest absolute Gasteiger partial charge is 0.497 e. The molecule has 1 amide bonds. The van der Waals surface area contributed by atoms with Crippen LogP contribution < -0.4 is 15.4 Å². The smallest absolute Gasteiger partial charge is 0.254 e. The molecule has 0 unspecified atom stereocenters. The molecule has 5 heteroatoms. The van der Waals surface area contributed by atoms with Gasteiger partial charge < -0.3 is 15.4 Å². The number of halogens is 1. The Morgan fingerprint density at radius 2 is 2.22 bits per heavy atom. The summed E-state index contributed by atoms with van der Waals surface area (Å²) in [6, 6.07) is 4.81. The highest BCUT2D eigenvalue weighted by atomic mass is 19.1. The second-order valence-electron chi connectivity index (χ2n) is 4.33. The lowest BCUT2D eigenvalue weighted by atomic mass is 10.2. The summed E-state index contributed by atoms with van der Waals surface area (Å²) in [4.78, 5) is 11.7. The van der Waals surface area contributed by atoms with Gasteiger partial charge in [0.2, 0.25) is 0 Å². The Kier molecular flexibility index (Phi) is 4.15. The number of hydrogen-bond acceptors (Lipinski definition) is 3. The molecule has 1 aliphatic rings. The average Bonchev–Trinajstić information content (AvgIpc) is 3.18. The van der Waals surface area contributed by atoms with Gasteiger partial charge in [-0.2, -0.15) is 0 Å². The second-order valence-corrected chi connectivity index (χ2v) is 4.33. The maximum Gasteiger partial charge on any atom is 0.254 e. The van der Waals surface area contributed by atoms with Crippen LogP contribution in [0.3, 0.4) is 0 Å². The number of amides is 1. The van der Waals surface area contributed by atoms with Crippen molar-refractivity contribution >= 4 is 5.91 Å². The lowest BCUT2D eigenvalue weighted by molar-refractivity contribution is 0.0950. The minimum absolute atomic E-state index is 0.0437. The third-order valence-electron chi connectivity index (χ3n) is 2.84. The Bertz CT molecular complexity index is 433. The van der Waals surface area contributed by atoms with Gasteiger partial charge in [0.25, 0.3) is 5.91 Å². The van der Waals surface area contributed by atoms with Crippen LogP contribution in [0.4, 0.5) is 4.39 Å². The van der Waals surface area contributed by atoms with Gasteiger partial charge in [0.05, 0.1) is 12.7 Å². The molecule has 0 bridgehead atoms. The minimum Gasteiger partial charge on any atom is -0.497 e. The van der Waals surface area contributed by atoms with Gasteiger partial charge in [0, 0.05) is 25.2 Å². The number of nitrogens with one attached hydrogen (secondary N) is 2. The molecule has 0 atom stereocenters. The molecule has 4 nitrogen and oxygen atoms in total. The Hall–Kier alpha value is -1.62. The van der Waals surface area contributed by atoms with Gasteiger partial charge in [-0.15, -0.1) is 0 Å². The van der Waals surface area contributed by atoms with E-state index in [4.69, 9.17) is 4.74 Å². The predicted octanol–water partition coefficient (Wildman–Crippen LogP) is 1.32. The highest BCUT2D eigenvalue weighted by Gasteiger charge is 2.19. The van der Waals surface area contributed by atoms with Gasteiger partial charge in [0.15, 0.2) is 0 Å². The van der Waals surface area contributed by atoms with Crippen molar-refractivity contribution in [3.05, 3.63) is 29.6 Å². The fraction of sp³-hybridized carbons (Fsp3) is 0.462. The van der Waals surface area contributed by atoms with E-state index in [-0.39, 0.29) is 5.56 Å². The number of methoxy groups -OCH3 is 1. The van der Waals surface area contributed by atoms with Gasteiger partial charge in [0.1, 0.15) is 11.6 Å². The molecule has 0 radical (unpaired) electrons. The van der Waals surface area contributed by atoms with Crippen LogP contribution in [0.2, 0.25) is 0 Å². The third kappa shape index (κ3) is 3.43. The van der Waals surface area contributed by atoms with Crippen molar-refractivity contribution in [1.29, 1.82) is 0 Å². The molecule has 1 fully saturated rings. The van der Waals surface area contributed by atoms with Crippen LogP contribution in [0.1, 0.15) is 23.2 Å². The van der Waals surface area contributed by atoms with Crippen LogP contribution in [0, 0.1) is 5.82 Å². The lowest BCUT2D eigenvalue weighted by Gasteiger charge is -2.07. The Balaban J connectivity index is 1.83. The highest BCUT2D eigenvalue weighted by molar-refractivity contribution is 5.94. The van der Waals surface area contributed by atoms with E-state index in [1.165, 1.54) is 32.1 Å². The molecule has 18 heavy (non-hydrogen) atoms. The first kappa shape index (κ1) is 12.8. The predicted molar refractivity (Wildman–Crippen MR) is 66.3 cm³/mol. The van der Waals surface area contributed by atoms with E-state index in [0.29, 0.717) is 24.9 Å². The van der Waals surface area contributed by atoms with E-state index in [1.807, 2.05) is 0 Å². The molecule has 1 aromatic carbocycles. The third-order valence-corrected chi connectivity index (χ3v) is 2.84. The van der Waals surface area contributed by atoms with Crippen molar-refractivity contribution in [3.63, 3.8) is 0 Å². The van der Waals surface area contributed by atoms with Gasteiger partial charge in [-0.1, -0.05) is 0 Å². The van der Waals surface area contributed by atoms with Crippen molar-refractivity contribution in [3.8, 4) is 5.75 Å². The summed E-state index contributed by atoms with van der Waals surface area (Å²) in [6.07, 6.45) is 2.42. The molecule has 98 valence electrons. The van der Waals surface area contributed by atoms with Crippen molar-refractivity contribution in [2.75, 3.05) is 20.2 Å². The summed E-state index contributed by atoms with van der Waals surface area (Å²) in [7, 11) is 1.46. The van der Waals surface area contributed by atoms with E-state index in [9.17, 15) is 9.18 Å². The molecule has 0 aliphatic heterocycles. The zero-order chi connectivity index (χ0) is 13.0. The van der Waals surface area contributed by atoms with E-state index >= 15 is 0 Å². The quantitative estimate of drug-likeness (QED) is 0.751. The molecular formula is C13H17FN2O2. The molecule has 0 spiro atoms. The van der Waals surface area contributed by atoms with Crippen molar-refractivity contribution in [2.24, 2.45) is 0 Å². The first-order valence-electron chi connectivity index (χ1n) is 6.06. The summed E-state index contributed by atoms with van der Waals surface area (Å²) >= 11 is 0. The van der Waals surface area contributed by atoms with Gasteiger partial charge >= 0.3 is 0 Å². The Morgan fingerprint density at radius 3 is 2.83 bits per heavy atom. The molecule has 0 heterocycles. The second kappa shape index (κ2) is 5.82. The number of carbonyl (C=O) groups excluding carboxylic acids is 1. The normalized spacial score (nSPS) is 14.3. The summed E-state index contributed by atoms with van der Waals surface area (Å²) < 4.78 is 18.5. The molecule has 1 aromatic rings. The maximum absolute atomic E-state index is 13.6. The van der Waals surface area contributed by atoms with Crippen molar-refractivity contribution in [2.45, 2.75) is 18.9 Å².